The average molecular weight is 439 g/mol. The number of tetrazole rings is 1. The summed E-state index contributed by atoms with van der Waals surface area (Å²) in [5.41, 5.74) is 10.5. The molecule has 2 aromatic carbocycles. The Bertz CT molecular complexity index is 1030. The van der Waals surface area contributed by atoms with E-state index in [1.54, 1.807) is 10.9 Å². The second kappa shape index (κ2) is 8.26. The highest BCUT2D eigenvalue weighted by Crippen LogP contribution is 2.26. The summed E-state index contributed by atoms with van der Waals surface area (Å²) in [6.45, 7) is 2.65. The summed E-state index contributed by atoms with van der Waals surface area (Å²) in [4.78, 5) is 0. The van der Waals surface area contributed by atoms with E-state index in [2.05, 4.69) is 67.4 Å². The predicted molar refractivity (Wildman–Crippen MR) is 110 cm³/mol. The summed E-state index contributed by atoms with van der Waals surface area (Å²) in [5.74, 6) is 0.529. The van der Waals surface area contributed by atoms with Gasteiger partial charge in [-0.15, -0.1) is 0 Å². The molecule has 2 N–H and O–H groups in total. The van der Waals surface area contributed by atoms with Gasteiger partial charge in [0.15, 0.2) is 0 Å². The molecule has 28 heavy (non-hydrogen) atoms. The number of benzene rings is 2. The molecule has 0 saturated heterocycles. The smallest absolute Gasteiger partial charge is 0.261 e. The highest BCUT2D eigenvalue weighted by atomic mass is 79.9. The third kappa shape index (κ3) is 4.40. The molecule has 1 atom stereocenters. The first-order valence-corrected chi connectivity index (χ1v) is 9.60. The van der Waals surface area contributed by atoms with Gasteiger partial charge in [0, 0.05) is 4.47 Å². The van der Waals surface area contributed by atoms with E-state index < -0.39 is 0 Å². The van der Waals surface area contributed by atoms with Gasteiger partial charge in [0.1, 0.15) is 6.10 Å². The third-order valence-corrected chi connectivity index (χ3v) is 4.74. The molecule has 8 heteroatoms. The Balaban J connectivity index is 1.43. The molecule has 4 rings (SSSR count). The number of aromatic nitrogens is 4. The van der Waals surface area contributed by atoms with Crippen molar-refractivity contribution < 1.29 is 4.74 Å². The minimum absolute atomic E-state index is 0.171. The van der Waals surface area contributed by atoms with E-state index in [4.69, 9.17) is 4.74 Å². The van der Waals surface area contributed by atoms with Gasteiger partial charge in [-0.2, -0.15) is 0 Å². The van der Waals surface area contributed by atoms with Crippen molar-refractivity contribution in [3.05, 3.63) is 93.8 Å². The number of aryl methyl sites for hydroxylation is 1. The number of ether oxygens (including phenoxy) is 1. The lowest BCUT2D eigenvalue weighted by molar-refractivity contribution is 0.184. The molecule has 142 valence electrons. The van der Waals surface area contributed by atoms with Crippen molar-refractivity contribution in [3.8, 4) is 0 Å². The number of hydrazine groups is 1. The molecule has 0 bridgehead atoms. The molecule has 0 spiro atoms. The first-order valence-electron chi connectivity index (χ1n) is 8.80. The fourth-order valence-electron chi connectivity index (χ4n) is 2.91. The van der Waals surface area contributed by atoms with Gasteiger partial charge >= 0.3 is 0 Å². The van der Waals surface area contributed by atoms with Gasteiger partial charge in [0.05, 0.1) is 18.5 Å². The average Bonchev–Trinajstić information content (AvgIpc) is 3.13. The predicted octanol–water partition coefficient (Wildman–Crippen LogP) is 3.88. The molecule has 1 aliphatic heterocycles. The maximum Gasteiger partial charge on any atom is 0.261 e. The molecule has 0 saturated carbocycles. The Morgan fingerprint density at radius 2 is 2.04 bits per heavy atom. The van der Waals surface area contributed by atoms with Crippen LogP contribution in [-0.2, 0) is 11.3 Å². The van der Waals surface area contributed by atoms with E-state index in [1.165, 1.54) is 5.56 Å². The molecule has 7 nitrogen and oxygen atoms in total. The van der Waals surface area contributed by atoms with Crippen molar-refractivity contribution in [1.29, 1.82) is 0 Å². The third-order valence-electron chi connectivity index (χ3n) is 4.25. The quantitative estimate of drug-likeness (QED) is 0.568. The van der Waals surface area contributed by atoms with Crippen LogP contribution in [0, 0.1) is 6.92 Å². The lowest BCUT2D eigenvalue weighted by Gasteiger charge is -2.20. The molecule has 0 aliphatic carbocycles. The first-order chi connectivity index (χ1) is 13.7. The van der Waals surface area contributed by atoms with Crippen molar-refractivity contribution in [2.24, 2.45) is 0 Å². The van der Waals surface area contributed by atoms with Gasteiger partial charge in [0.2, 0.25) is 0 Å². The van der Waals surface area contributed by atoms with Crippen LogP contribution in [0.15, 0.2) is 77.1 Å². The lowest BCUT2D eigenvalue weighted by atomic mass is 10.1. The molecule has 2 heterocycles. The number of rotatable bonds is 6. The van der Waals surface area contributed by atoms with Crippen LogP contribution in [0.25, 0.3) is 0 Å². The Kier molecular flexibility index (Phi) is 5.38. The second-order valence-corrected chi connectivity index (χ2v) is 7.35. The summed E-state index contributed by atoms with van der Waals surface area (Å²) >= 11 is 3.49. The minimum Gasteiger partial charge on any atom is -0.489 e. The Hall–Kier alpha value is -3.13. The summed E-state index contributed by atoms with van der Waals surface area (Å²) in [6.07, 6.45) is 5.33. The van der Waals surface area contributed by atoms with Crippen molar-refractivity contribution >= 4 is 21.9 Å². The molecule has 1 unspecified atom stereocenters. The van der Waals surface area contributed by atoms with Crippen molar-refractivity contribution in [2.45, 2.75) is 19.6 Å². The number of hydrogen-bond acceptors (Lipinski definition) is 6. The summed E-state index contributed by atoms with van der Waals surface area (Å²) < 4.78 is 8.43. The topological polar surface area (TPSA) is 76.9 Å². The monoisotopic (exact) mass is 438 g/mol. The minimum atomic E-state index is -0.171. The van der Waals surface area contributed by atoms with E-state index in [1.807, 2.05) is 42.5 Å². The molecular formula is C20H19BrN6O. The highest BCUT2D eigenvalue weighted by molar-refractivity contribution is 9.10. The van der Waals surface area contributed by atoms with Crippen LogP contribution < -0.4 is 10.9 Å². The van der Waals surface area contributed by atoms with Gasteiger partial charge in [0.25, 0.3) is 5.95 Å². The molecule has 3 aromatic rings. The van der Waals surface area contributed by atoms with Gasteiger partial charge in [-0.1, -0.05) is 63.0 Å². The first kappa shape index (κ1) is 18.2. The number of anilines is 1. The van der Waals surface area contributed by atoms with Gasteiger partial charge in [-0.25, -0.2) is 4.68 Å². The van der Waals surface area contributed by atoms with Crippen LogP contribution in [0.2, 0.25) is 0 Å². The van der Waals surface area contributed by atoms with E-state index in [0.717, 1.165) is 21.3 Å². The number of hydrogen-bond donors (Lipinski definition) is 2. The summed E-state index contributed by atoms with van der Waals surface area (Å²) in [5, 5.41) is 11.9. The second-order valence-electron chi connectivity index (χ2n) is 6.44. The number of nitrogens with zero attached hydrogens (tertiary/aromatic N) is 4. The zero-order valence-electron chi connectivity index (χ0n) is 15.2. The van der Waals surface area contributed by atoms with E-state index in [-0.39, 0.29) is 6.10 Å². The Labute approximate surface area is 171 Å². The fraction of sp³-hybridized carbons (Fsp3) is 0.150. The van der Waals surface area contributed by atoms with Crippen molar-refractivity contribution in [3.63, 3.8) is 0 Å². The van der Waals surface area contributed by atoms with Crippen molar-refractivity contribution in [2.75, 3.05) is 5.43 Å². The lowest BCUT2D eigenvalue weighted by Crippen LogP contribution is -2.24. The summed E-state index contributed by atoms with van der Waals surface area (Å²) in [6, 6.07) is 16.3. The van der Waals surface area contributed by atoms with Crippen LogP contribution in [0.4, 0.5) is 5.95 Å². The number of nitrogens with one attached hydrogen (secondary N) is 2. The zero-order valence-corrected chi connectivity index (χ0v) is 16.8. The Morgan fingerprint density at radius 1 is 1.14 bits per heavy atom. The van der Waals surface area contributed by atoms with Crippen LogP contribution >= 0.6 is 15.9 Å². The van der Waals surface area contributed by atoms with Gasteiger partial charge in [-0.3, -0.25) is 10.9 Å². The standard InChI is InChI=1S/C20H19BrN6O/c1-14-4-2-5-15(10-14)13-27-20(24-25-26-27)23-22-18-8-9-28-19(12-18)16-6-3-7-17(21)11-16/h2-12,19,22H,13H2,1H3,(H,23,24,26). The summed E-state index contributed by atoms with van der Waals surface area (Å²) in [7, 11) is 0. The SMILES string of the molecule is Cc1cccc(Cn2nnnc2NNC2=CC(c3cccc(Br)c3)OC=C2)c1. The molecule has 1 aromatic heterocycles. The molecule has 0 fully saturated rings. The van der Waals surface area contributed by atoms with Gasteiger partial charge in [-0.05, 0) is 52.8 Å². The molecule has 0 amide bonds. The maximum absolute atomic E-state index is 5.71. The van der Waals surface area contributed by atoms with Crippen molar-refractivity contribution in [1.82, 2.24) is 25.6 Å². The normalized spacial score (nSPS) is 15.6. The fourth-order valence-corrected chi connectivity index (χ4v) is 3.33. The number of allylic oxidation sites excluding steroid dienone is 1. The molecule has 1 aliphatic rings. The van der Waals surface area contributed by atoms with E-state index in [9.17, 15) is 0 Å². The largest absolute Gasteiger partial charge is 0.489 e. The van der Waals surface area contributed by atoms with Crippen LogP contribution in [0.3, 0.4) is 0 Å². The maximum atomic E-state index is 5.71. The van der Waals surface area contributed by atoms with Crippen LogP contribution in [0.5, 0.6) is 0 Å². The molecule has 0 radical (unpaired) electrons. The van der Waals surface area contributed by atoms with E-state index >= 15 is 0 Å². The Morgan fingerprint density at radius 3 is 2.89 bits per heavy atom. The zero-order chi connectivity index (χ0) is 19.3. The van der Waals surface area contributed by atoms with Crippen LogP contribution in [-0.4, -0.2) is 20.2 Å². The number of halogens is 1. The van der Waals surface area contributed by atoms with E-state index in [0.29, 0.717) is 12.5 Å². The van der Waals surface area contributed by atoms with Crippen LogP contribution in [0.1, 0.15) is 22.8 Å². The highest BCUT2D eigenvalue weighted by Gasteiger charge is 2.14. The molecular weight excluding hydrogens is 420 g/mol. The van der Waals surface area contributed by atoms with Gasteiger partial charge < -0.3 is 4.74 Å².